The van der Waals surface area contributed by atoms with Gasteiger partial charge in [0.05, 0.1) is 18.2 Å². The van der Waals surface area contributed by atoms with Crippen molar-refractivity contribution >= 4 is 23.2 Å². The zero-order valence-corrected chi connectivity index (χ0v) is 19.9. The minimum Gasteiger partial charge on any atom is -0.334 e. The van der Waals surface area contributed by atoms with Crippen LogP contribution in [0.3, 0.4) is 0 Å². The number of allylic oxidation sites excluding steroid dienone is 1. The van der Waals surface area contributed by atoms with Crippen LogP contribution in [0.5, 0.6) is 0 Å². The summed E-state index contributed by atoms with van der Waals surface area (Å²) in [7, 11) is 0. The van der Waals surface area contributed by atoms with Crippen LogP contribution in [-0.2, 0) is 6.54 Å². The first-order valence-corrected chi connectivity index (χ1v) is 11.5. The van der Waals surface area contributed by atoms with Crippen molar-refractivity contribution in [1.29, 1.82) is 0 Å². The van der Waals surface area contributed by atoms with E-state index in [1.807, 2.05) is 43.3 Å². The molecule has 1 N–H and O–H groups in total. The van der Waals surface area contributed by atoms with Gasteiger partial charge in [-0.2, -0.15) is 4.98 Å². The second kappa shape index (κ2) is 9.35. The average Bonchev–Trinajstić information content (AvgIpc) is 3.33. The van der Waals surface area contributed by atoms with Gasteiger partial charge >= 0.3 is 6.03 Å². The van der Waals surface area contributed by atoms with Crippen LogP contribution in [0.2, 0.25) is 5.02 Å². The molecular weight excluding hydrogens is 467 g/mol. The lowest BCUT2D eigenvalue weighted by molar-refractivity contribution is 0.202. The Morgan fingerprint density at radius 3 is 2.46 bits per heavy atom. The SMILES string of the molecule is CC1=C(c2nc(-c3ccc(C)cc3)no2)C(c2ccc(Cl)cc2)NC(=O)N1Cc1ccccc1F. The minimum atomic E-state index is -0.553. The molecule has 0 spiro atoms. The van der Waals surface area contributed by atoms with Gasteiger partial charge in [-0.3, -0.25) is 4.90 Å². The van der Waals surface area contributed by atoms with Crippen molar-refractivity contribution in [1.82, 2.24) is 20.4 Å². The fraction of sp³-hybridized carbons (Fsp3) is 0.148. The third kappa shape index (κ3) is 4.55. The third-order valence-corrected chi connectivity index (χ3v) is 6.30. The topological polar surface area (TPSA) is 71.3 Å². The van der Waals surface area contributed by atoms with E-state index in [1.54, 1.807) is 37.3 Å². The van der Waals surface area contributed by atoms with Crippen LogP contribution in [0.4, 0.5) is 9.18 Å². The van der Waals surface area contributed by atoms with Crippen LogP contribution in [-0.4, -0.2) is 21.1 Å². The highest BCUT2D eigenvalue weighted by Crippen LogP contribution is 2.38. The molecule has 35 heavy (non-hydrogen) atoms. The molecule has 3 aromatic carbocycles. The Balaban J connectivity index is 1.60. The van der Waals surface area contributed by atoms with Crippen LogP contribution in [0.25, 0.3) is 17.0 Å². The normalized spacial score (nSPS) is 15.9. The maximum atomic E-state index is 14.4. The number of urea groups is 1. The second-order valence-corrected chi connectivity index (χ2v) is 8.84. The monoisotopic (exact) mass is 488 g/mol. The van der Waals surface area contributed by atoms with Gasteiger partial charge in [0.1, 0.15) is 5.82 Å². The number of rotatable bonds is 5. The summed E-state index contributed by atoms with van der Waals surface area (Å²) in [5.74, 6) is 0.332. The highest BCUT2D eigenvalue weighted by atomic mass is 35.5. The predicted molar refractivity (Wildman–Crippen MR) is 132 cm³/mol. The van der Waals surface area contributed by atoms with Crippen LogP contribution >= 0.6 is 11.6 Å². The molecular formula is C27H22ClFN4O2. The quantitative estimate of drug-likeness (QED) is 0.346. The van der Waals surface area contributed by atoms with Gasteiger partial charge in [0.15, 0.2) is 0 Å². The number of carbonyl (C=O) groups is 1. The maximum Gasteiger partial charge on any atom is 0.322 e. The highest BCUT2D eigenvalue weighted by molar-refractivity contribution is 6.30. The van der Waals surface area contributed by atoms with Crippen LogP contribution in [0, 0.1) is 12.7 Å². The van der Waals surface area contributed by atoms with Crippen LogP contribution in [0.1, 0.15) is 35.5 Å². The number of aromatic nitrogens is 2. The number of nitrogens with one attached hydrogen (secondary N) is 1. The summed E-state index contributed by atoms with van der Waals surface area (Å²) < 4.78 is 20.1. The van der Waals surface area contributed by atoms with E-state index in [0.29, 0.717) is 27.7 Å². The molecule has 0 fully saturated rings. The average molecular weight is 489 g/mol. The van der Waals surface area contributed by atoms with Crippen molar-refractivity contribution in [2.45, 2.75) is 26.4 Å². The molecule has 6 nitrogen and oxygen atoms in total. The lowest BCUT2D eigenvalue weighted by atomic mass is 9.94. The molecule has 0 aliphatic carbocycles. The fourth-order valence-corrected chi connectivity index (χ4v) is 4.23. The first kappa shape index (κ1) is 22.8. The van der Waals surface area contributed by atoms with E-state index in [1.165, 1.54) is 11.0 Å². The Labute approximate surface area is 207 Å². The molecule has 2 heterocycles. The molecule has 5 rings (SSSR count). The Bertz CT molecular complexity index is 1410. The zero-order chi connectivity index (χ0) is 24.5. The number of nitrogens with zero attached hydrogens (tertiary/aromatic N) is 3. The van der Waals surface area contributed by atoms with Crippen molar-refractivity contribution in [2.24, 2.45) is 0 Å². The van der Waals surface area contributed by atoms with Crippen molar-refractivity contribution in [3.8, 4) is 11.4 Å². The van der Waals surface area contributed by atoms with E-state index >= 15 is 0 Å². The summed E-state index contributed by atoms with van der Waals surface area (Å²) >= 11 is 6.09. The fourth-order valence-electron chi connectivity index (χ4n) is 4.10. The molecule has 8 heteroatoms. The van der Waals surface area contributed by atoms with E-state index in [4.69, 9.17) is 16.1 Å². The molecule has 2 amide bonds. The van der Waals surface area contributed by atoms with Gasteiger partial charge in [0, 0.05) is 21.8 Å². The Morgan fingerprint density at radius 1 is 1.03 bits per heavy atom. The summed E-state index contributed by atoms with van der Waals surface area (Å²) in [4.78, 5) is 19.3. The number of halogens is 2. The Morgan fingerprint density at radius 2 is 1.74 bits per heavy atom. The molecule has 1 aliphatic rings. The summed E-state index contributed by atoms with van der Waals surface area (Å²) in [5, 5.41) is 7.77. The van der Waals surface area contributed by atoms with E-state index in [-0.39, 0.29) is 24.3 Å². The Kier molecular flexibility index (Phi) is 6.09. The number of aryl methyl sites for hydroxylation is 1. The van der Waals surface area contributed by atoms with Gasteiger partial charge in [0.25, 0.3) is 5.89 Å². The van der Waals surface area contributed by atoms with E-state index in [0.717, 1.165) is 16.7 Å². The van der Waals surface area contributed by atoms with Crippen molar-refractivity contribution in [2.75, 3.05) is 0 Å². The minimum absolute atomic E-state index is 0.0557. The molecule has 1 aliphatic heterocycles. The number of carbonyl (C=O) groups excluding carboxylic acids is 1. The van der Waals surface area contributed by atoms with Gasteiger partial charge in [-0.25, -0.2) is 9.18 Å². The molecule has 0 bridgehead atoms. The lowest BCUT2D eigenvalue weighted by Crippen LogP contribution is -2.45. The third-order valence-electron chi connectivity index (χ3n) is 6.05. The van der Waals surface area contributed by atoms with Crippen molar-refractivity contribution < 1.29 is 13.7 Å². The highest BCUT2D eigenvalue weighted by Gasteiger charge is 2.36. The summed E-state index contributed by atoms with van der Waals surface area (Å²) in [5.41, 5.74) is 4.37. The molecule has 1 atom stereocenters. The summed E-state index contributed by atoms with van der Waals surface area (Å²) in [6.45, 7) is 3.86. The number of benzene rings is 3. The molecule has 1 unspecified atom stereocenters. The molecule has 1 aromatic heterocycles. The number of hydrogen-bond donors (Lipinski definition) is 1. The molecule has 0 saturated heterocycles. The van der Waals surface area contributed by atoms with Crippen molar-refractivity contribution in [3.63, 3.8) is 0 Å². The summed E-state index contributed by atoms with van der Waals surface area (Å²) in [6.07, 6.45) is 0. The maximum absolute atomic E-state index is 14.4. The van der Waals surface area contributed by atoms with Crippen LogP contribution in [0.15, 0.2) is 83.0 Å². The van der Waals surface area contributed by atoms with Crippen LogP contribution < -0.4 is 5.32 Å². The van der Waals surface area contributed by atoms with Gasteiger partial charge in [-0.1, -0.05) is 76.9 Å². The van der Waals surface area contributed by atoms with Gasteiger partial charge in [0.2, 0.25) is 5.82 Å². The van der Waals surface area contributed by atoms with Gasteiger partial charge in [-0.15, -0.1) is 0 Å². The molecule has 4 aromatic rings. The van der Waals surface area contributed by atoms with E-state index in [9.17, 15) is 9.18 Å². The lowest BCUT2D eigenvalue weighted by Gasteiger charge is -2.35. The first-order chi connectivity index (χ1) is 16.9. The number of hydrogen-bond acceptors (Lipinski definition) is 4. The van der Waals surface area contributed by atoms with Crippen molar-refractivity contribution in [3.05, 3.63) is 112 Å². The predicted octanol–water partition coefficient (Wildman–Crippen LogP) is 6.54. The van der Waals surface area contributed by atoms with E-state index < -0.39 is 6.04 Å². The second-order valence-electron chi connectivity index (χ2n) is 8.40. The summed E-state index contributed by atoms with van der Waals surface area (Å²) in [6, 6.07) is 20.5. The van der Waals surface area contributed by atoms with Gasteiger partial charge in [-0.05, 0) is 37.6 Å². The molecule has 0 saturated carbocycles. The molecule has 0 radical (unpaired) electrons. The Hall–Kier alpha value is -3.97. The number of amides is 2. The molecule has 176 valence electrons. The standard InChI is InChI=1S/C27H22ClFN4O2/c1-16-7-9-19(10-8-16)25-31-26(35-32-25)23-17(2)33(15-20-5-3-4-6-22(20)29)27(34)30-24(23)18-11-13-21(28)14-12-18/h3-14,24H,15H2,1-2H3,(H,30,34). The zero-order valence-electron chi connectivity index (χ0n) is 19.1. The van der Waals surface area contributed by atoms with E-state index in [2.05, 4.69) is 15.5 Å². The van der Waals surface area contributed by atoms with Gasteiger partial charge < -0.3 is 9.84 Å². The smallest absolute Gasteiger partial charge is 0.322 e. The largest absolute Gasteiger partial charge is 0.334 e. The first-order valence-electron chi connectivity index (χ1n) is 11.1.